The SMILES string of the molecule is C[C@@H]1CC=C(C[C@H](O)C(=O)c2ccccc2)CC1. The summed E-state index contributed by atoms with van der Waals surface area (Å²) in [5.74, 6) is 0.561. The van der Waals surface area contributed by atoms with E-state index in [0.717, 1.165) is 25.2 Å². The van der Waals surface area contributed by atoms with Gasteiger partial charge in [0.05, 0.1) is 0 Å². The van der Waals surface area contributed by atoms with E-state index in [0.29, 0.717) is 12.0 Å². The summed E-state index contributed by atoms with van der Waals surface area (Å²) >= 11 is 0. The number of aliphatic hydroxyl groups is 1. The van der Waals surface area contributed by atoms with Crippen molar-refractivity contribution >= 4 is 5.78 Å². The molecular weight excluding hydrogens is 224 g/mol. The first kappa shape index (κ1) is 13.0. The van der Waals surface area contributed by atoms with Crippen LogP contribution in [0.25, 0.3) is 0 Å². The van der Waals surface area contributed by atoms with E-state index in [-0.39, 0.29) is 5.78 Å². The van der Waals surface area contributed by atoms with Crippen LogP contribution in [0.5, 0.6) is 0 Å². The smallest absolute Gasteiger partial charge is 0.191 e. The maximum Gasteiger partial charge on any atom is 0.191 e. The molecule has 0 radical (unpaired) electrons. The Morgan fingerprint density at radius 1 is 1.39 bits per heavy atom. The van der Waals surface area contributed by atoms with Crippen LogP contribution in [0.1, 0.15) is 43.0 Å². The molecule has 0 heterocycles. The second-order valence-electron chi connectivity index (χ2n) is 5.19. The van der Waals surface area contributed by atoms with Crippen molar-refractivity contribution in [3.05, 3.63) is 47.5 Å². The zero-order valence-electron chi connectivity index (χ0n) is 10.8. The molecule has 0 aliphatic heterocycles. The minimum atomic E-state index is -0.896. The van der Waals surface area contributed by atoms with Crippen LogP contribution in [-0.4, -0.2) is 17.0 Å². The predicted molar refractivity (Wildman–Crippen MR) is 72.5 cm³/mol. The number of hydrogen-bond acceptors (Lipinski definition) is 2. The van der Waals surface area contributed by atoms with E-state index in [2.05, 4.69) is 13.0 Å². The molecule has 0 saturated heterocycles. The third-order valence-electron chi connectivity index (χ3n) is 3.58. The maximum absolute atomic E-state index is 12.0. The van der Waals surface area contributed by atoms with Gasteiger partial charge in [-0.15, -0.1) is 0 Å². The number of aliphatic hydroxyl groups excluding tert-OH is 1. The van der Waals surface area contributed by atoms with E-state index in [4.69, 9.17) is 0 Å². The number of benzene rings is 1. The van der Waals surface area contributed by atoms with Crippen molar-refractivity contribution in [2.24, 2.45) is 5.92 Å². The van der Waals surface area contributed by atoms with Gasteiger partial charge in [-0.05, 0) is 25.2 Å². The number of ketones is 1. The highest BCUT2D eigenvalue weighted by molar-refractivity contribution is 5.99. The molecule has 1 aliphatic rings. The van der Waals surface area contributed by atoms with Gasteiger partial charge in [0.25, 0.3) is 0 Å². The Balaban J connectivity index is 1.96. The summed E-state index contributed by atoms with van der Waals surface area (Å²) in [6.07, 6.45) is 5.03. The summed E-state index contributed by atoms with van der Waals surface area (Å²) in [6.45, 7) is 2.23. The molecule has 0 fully saturated rings. The van der Waals surface area contributed by atoms with E-state index in [1.807, 2.05) is 18.2 Å². The molecular formula is C16H20O2. The summed E-state index contributed by atoms with van der Waals surface area (Å²) in [7, 11) is 0. The summed E-state index contributed by atoms with van der Waals surface area (Å²) in [5.41, 5.74) is 1.82. The first-order valence-electron chi connectivity index (χ1n) is 6.62. The minimum absolute atomic E-state index is 0.171. The van der Waals surface area contributed by atoms with E-state index in [1.54, 1.807) is 12.1 Å². The van der Waals surface area contributed by atoms with E-state index >= 15 is 0 Å². The van der Waals surface area contributed by atoms with Crippen LogP contribution in [-0.2, 0) is 0 Å². The number of carbonyl (C=O) groups excluding carboxylic acids is 1. The Kier molecular flexibility index (Phi) is 4.32. The lowest BCUT2D eigenvalue weighted by Crippen LogP contribution is -2.21. The number of carbonyl (C=O) groups is 1. The maximum atomic E-state index is 12.0. The fourth-order valence-electron chi connectivity index (χ4n) is 2.34. The monoisotopic (exact) mass is 244 g/mol. The molecule has 1 aromatic rings. The van der Waals surface area contributed by atoms with Crippen LogP contribution in [0.15, 0.2) is 42.0 Å². The Morgan fingerprint density at radius 3 is 2.72 bits per heavy atom. The van der Waals surface area contributed by atoms with Crippen molar-refractivity contribution in [1.29, 1.82) is 0 Å². The Morgan fingerprint density at radius 2 is 2.11 bits per heavy atom. The van der Waals surface area contributed by atoms with Crippen molar-refractivity contribution in [3.8, 4) is 0 Å². The summed E-state index contributed by atoms with van der Waals surface area (Å²) in [5, 5.41) is 10.00. The average Bonchev–Trinajstić information content (AvgIpc) is 2.41. The van der Waals surface area contributed by atoms with Crippen molar-refractivity contribution in [3.63, 3.8) is 0 Å². The fourth-order valence-corrected chi connectivity index (χ4v) is 2.34. The molecule has 96 valence electrons. The number of hydrogen-bond donors (Lipinski definition) is 1. The first-order chi connectivity index (χ1) is 8.66. The van der Waals surface area contributed by atoms with Crippen molar-refractivity contribution in [2.45, 2.75) is 38.7 Å². The molecule has 1 aromatic carbocycles. The summed E-state index contributed by atoms with van der Waals surface area (Å²) in [6, 6.07) is 9.02. The molecule has 0 saturated carbocycles. The molecule has 0 bridgehead atoms. The van der Waals surface area contributed by atoms with E-state index in [9.17, 15) is 9.90 Å². The molecule has 0 spiro atoms. The van der Waals surface area contributed by atoms with Gasteiger partial charge in [0.1, 0.15) is 6.10 Å². The topological polar surface area (TPSA) is 37.3 Å². The predicted octanol–water partition coefficient (Wildman–Crippen LogP) is 3.37. The molecule has 2 nitrogen and oxygen atoms in total. The Bertz CT molecular complexity index is 434. The zero-order chi connectivity index (χ0) is 13.0. The summed E-state index contributed by atoms with van der Waals surface area (Å²) in [4.78, 5) is 12.0. The van der Waals surface area contributed by atoms with Crippen LogP contribution in [0.3, 0.4) is 0 Å². The Labute approximate surface area is 108 Å². The molecule has 2 heteroatoms. The van der Waals surface area contributed by atoms with E-state index in [1.165, 1.54) is 5.57 Å². The highest BCUT2D eigenvalue weighted by Gasteiger charge is 2.20. The average molecular weight is 244 g/mol. The molecule has 2 rings (SSSR count). The van der Waals surface area contributed by atoms with Crippen molar-refractivity contribution in [2.75, 3.05) is 0 Å². The lowest BCUT2D eigenvalue weighted by Gasteiger charge is -2.20. The van der Waals surface area contributed by atoms with Gasteiger partial charge in [0.15, 0.2) is 5.78 Å². The first-order valence-corrected chi connectivity index (χ1v) is 6.62. The molecule has 1 aliphatic carbocycles. The Hall–Kier alpha value is -1.41. The molecule has 18 heavy (non-hydrogen) atoms. The molecule has 0 amide bonds. The minimum Gasteiger partial charge on any atom is -0.385 e. The van der Waals surface area contributed by atoms with Gasteiger partial charge in [-0.2, -0.15) is 0 Å². The van der Waals surface area contributed by atoms with Crippen LogP contribution in [0, 0.1) is 5.92 Å². The fraction of sp³-hybridized carbons (Fsp3) is 0.438. The molecule has 0 aromatic heterocycles. The normalized spacial score (nSPS) is 21.2. The second-order valence-corrected chi connectivity index (χ2v) is 5.19. The largest absolute Gasteiger partial charge is 0.385 e. The third-order valence-corrected chi connectivity index (χ3v) is 3.58. The third kappa shape index (κ3) is 3.30. The van der Waals surface area contributed by atoms with Gasteiger partial charge in [-0.25, -0.2) is 0 Å². The quantitative estimate of drug-likeness (QED) is 0.651. The lowest BCUT2D eigenvalue weighted by atomic mass is 9.87. The highest BCUT2D eigenvalue weighted by atomic mass is 16.3. The van der Waals surface area contributed by atoms with Gasteiger partial charge in [0, 0.05) is 12.0 Å². The van der Waals surface area contributed by atoms with Crippen LogP contribution in [0.2, 0.25) is 0 Å². The standard InChI is InChI=1S/C16H20O2/c1-12-7-9-13(10-8-12)11-15(17)16(18)14-5-3-2-4-6-14/h2-6,9,12,15,17H,7-8,10-11H2,1H3/t12-,15+/m1/s1. The van der Waals surface area contributed by atoms with Gasteiger partial charge in [-0.3, -0.25) is 4.79 Å². The molecule has 2 atom stereocenters. The van der Waals surface area contributed by atoms with Crippen LogP contribution in [0.4, 0.5) is 0 Å². The number of Topliss-reactive ketones (excluding diaryl/α,β-unsaturated/α-hetero) is 1. The summed E-state index contributed by atoms with van der Waals surface area (Å²) < 4.78 is 0. The van der Waals surface area contributed by atoms with Gasteiger partial charge in [0.2, 0.25) is 0 Å². The second kappa shape index (κ2) is 5.96. The van der Waals surface area contributed by atoms with Gasteiger partial charge in [-0.1, -0.05) is 48.9 Å². The molecule has 1 N–H and O–H groups in total. The van der Waals surface area contributed by atoms with E-state index < -0.39 is 6.10 Å². The van der Waals surface area contributed by atoms with Gasteiger partial charge < -0.3 is 5.11 Å². The van der Waals surface area contributed by atoms with Crippen LogP contribution < -0.4 is 0 Å². The van der Waals surface area contributed by atoms with Crippen molar-refractivity contribution in [1.82, 2.24) is 0 Å². The molecule has 0 unspecified atom stereocenters. The highest BCUT2D eigenvalue weighted by Crippen LogP contribution is 2.26. The van der Waals surface area contributed by atoms with Crippen molar-refractivity contribution < 1.29 is 9.90 Å². The number of rotatable bonds is 4. The van der Waals surface area contributed by atoms with Gasteiger partial charge >= 0.3 is 0 Å². The zero-order valence-corrected chi connectivity index (χ0v) is 10.8. The number of allylic oxidation sites excluding steroid dienone is 1. The van der Waals surface area contributed by atoms with Crippen LogP contribution >= 0.6 is 0 Å². The lowest BCUT2D eigenvalue weighted by molar-refractivity contribution is 0.0745.